The van der Waals surface area contributed by atoms with Gasteiger partial charge < -0.3 is 29.2 Å². The molecule has 0 saturated heterocycles. The fourth-order valence-corrected chi connectivity index (χ4v) is 3.82. The Bertz CT molecular complexity index is 1720. The highest BCUT2D eigenvalue weighted by Crippen LogP contribution is 2.37. The van der Waals surface area contributed by atoms with E-state index in [2.05, 4.69) is 26.3 Å². The van der Waals surface area contributed by atoms with Gasteiger partial charge in [-0.1, -0.05) is 26.3 Å². The monoisotopic (exact) mass is 600 g/mol. The number of hydrogen-bond donors (Lipinski definition) is 2. The highest BCUT2D eigenvalue weighted by molar-refractivity contribution is 5.73. The van der Waals surface area contributed by atoms with Crippen molar-refractivity contribution >= 4 is 0 Å². The lowest BCUT2D eigenvalue weighted by Crippen LogP contribution is -1.97. The van der Waals surface area contributed by atoms with E-state index in [1.54, 1.807) is 50.2 Å². The number of hydrogen-bond acceptors (Lipinski definition) is 6. The maximum atomic E-state index is 14.7. The van der Waals surface area contributed by atoms with Crippen LogP contribution in [0.3, 0.4) is 0 Å². The number of benzene rings is 4. The van der Waals surface area contributed by atoms with Gasteiger partial charge in [0.25, 0.3) is 0 Å². The first-order valence-electron chi connectivity index (χ1n) is 13.2. The van der Waals surface area contributed by atoms with E-state index in [1.807, 2.05) is 0 Å². The minimum atomic E-state index is -0.547. The van der Waals surface area contributed by atoms with Crippen molar-refractivity contribution in [3.8, 4) is 56.8 Å². The zero-order chi connectivity index (χ0) is 32.6. The van der Waals surface area contributed by atoms with Gasteiger partial charge in [-0.05, 0) is 73.5 Å². The molecular formula is C36H34F2O6. The molecule has 0 spiro atoms. The van der Waals surface area contributed by atoms with E-state index in [0.29, 0.717) is 62.3 Å². The third-order valence-corrected chi connectivity index (χ3v) is 6.27. The number of allylic oxidation sites excluding steroid dienone is 2. The number of rotatable bonds is 10. The predicted molar refractivity (Wildman–Crippen MR) is 169 cm³/mol. The molecule has 0 aromatic heterocycles. The molecule has 0 atom stereocenters. The highest BCUT2D eigenvalue weighted by atomic mass is 19.1. The summed E-state index contributed by atoms with van der Waals surface area (Å²) in [6.07, 6.45) is 0. The molecule has 0 aliphatic carbocycles. The predicted octanol–water partition coefficient (Wildman–Crippen LogP) is 9.35. The molecule has 0 aliphatic heterocycles. The van der Waals surface area contributed by atoms with Crippen LogP contribution >= 0.6 is 0 Å². The lowest BCUT2D eigenvalue weighted by atomic mass is 10.0. The van der Waals surface area contributed by atoms with Gasteiger partial charge in [0.1, 0.15) is 57.6 Å². The second-order valence-electron chi connectivity index (χ2n) is 9.66. The van der Waals surface area contributed by atoms with Crippen molar-refractivity contribution in [3.63, 3.8) is 0 Å². The molecule has 0 heterocycles. The summed E-state index contributed by atoms with van der Waals surface area (Å²) in [6.45, 7) is 18.6. The van der Waals surface area contributed by atoms with Crippen molar-refractivity contribution in [3.05, 3.63) is 133 Å². The Morgan fingerprint density at radius 2 is 0.932 bits per heavy atom. The van der Waals surface area contributed by atoms with Crippen molar-refractivity contribution in [2.24, 2.45) is 0 Å². The summed E-state index contributed by atoms with van der Waals surface area (Å²) in [7, 11) is 2.96. The largest absolute Gasteiger partial charge is 0.508 e. The van der Waals surface area contributed by atoms with E-state index in [1.165, 1.54) is 44.6 Å². The van der Waals surface area contributed by atoms with Crippen LogP contribution in [0.25, 0.3) is 22.3 Å². The maximum Gasteiger partial charge on any atom is 0.134 e. The molecule has 2 N–H and O–H groups in total. The molecule has 4 aromatic carbocycles. The third kappa shape index (κ3) is 8.29. The van der Waals surface area contributed by atoms with E-state index in [0.717, 1.165) is 11.6 Å². The topological polar surface area (TPSA) is 77.4 Å². The maximum absolute atomic E-state index is 14.7. The number of halogens is 2. The lowest BCUT2D eigenvalue weighted by Gasteiger charge is -2.14. The first-order valence-corrected chi connectivity index (χ1v) is 13.2. The normalized spacial score (nSPS) is 10.1. The summed E-state index contributed by atoms with van der Waals surface area (Å²) in [6, 6.07) is 18.0. The third-order valence-electron chi connectivity index (χ3n) is 6.27. The summed E-state index contributed by atoms with van der Waals surface area (Å²) in [5, 5.41) is 18.5. The number of phenolic OH excluding ortho intramolecular Hbond substituents is 2. The standard InChI is InChI=1S/C23H23FO3.C13H11FO3/c1-14(2)16(5)26-18-8-10-20(22(24)12-18)21-11-9-19(13-23(21)25-7)27-17(6)15(3)4;1-17-13-7-9(16)3-5-11(13)10-4-2-8(15)6-12(10)14/h8-13H,1,3,5-6H2,2,4,7H3;2-7,15-16H,1H3. The van der Waals surface area contributed by atoms with Crippen molar-refractivity contribution < 1.29 is 37.9 Å². The Hall–Kier alpha value is -5.50. The zero-order valence-corrected chi connectivity index (χ0v) is 25.0. The van der Waals surface area contributed by atoms with Gasteiger partial charge >= 0.3 is 0 Å². The van der Waals surface area contributed by atoms with Crippen LogP contribution in [0.1, 0.15) is 13.8 Å². The van der Waals surface area contributed by atoms with Gasteiger partial charge in [0, 0.05) is 46.5 Å². The van der Waals surface area contributed by atoms with Gasteiger partial charge in [-0.2, -0.15) is 0 Å². The van der Waals surface area contributed by atoms with E-state index < -0.39 is 11.6 Å². The fraction of sp³-hybridized carbons (Fsp3) is 0.111. The smallest absolute Gasteiger partial charge is 0.134 e. The van der Waals surface area contributed by atoms with Crippen LogP contribution in [-0.4, -0.2) is 24.4 Å². The molecule has 0 fully saturated rings. The molecule has 6 nitrogen and oxygen atoms in total. The average Bonchev–Trinajstić information content (AvgIpc) is 2.98. The molecule has 0 amide bonds. The Balaban J connectivity index is 0.000000266. The second-order valence-corrected chi connectivity index (χ2v) is 9.66. The molecule has 44 heavy (non-hydrogen) atoms. The Morgan fingerprint density at radius 1 is 0.545 bits per heavy atom. The summed E-state index contributed by atoms with van der Waals surface area (Å²) in [5.74, 6) is 1.48. The number of ether oxygens (including phenoxy) is 4. The van der Waals surface area contributed by atoms with Crippen LogP contribution in [-0.2, 0) is 0 Å². The zero-order valence-electron chi connectivity index (χ0n) is 25.0. The molecule has 0 saturated carbocycles. The first kappa shape index (κ1) is 33.0. The molecular weight excluding hydrogens is 566 g/mol. The van der Waals surface area contributed by atoms with Gasteiger partial charge in [0.15, 0.2) is 0 Å². The number of methoxy groups -OCH3 is 2. The van der Waals surface area contributed by atoms with Crippen LogP contribution in [0.4, 0.5) is 8.78 Å². The SMILES string of the molecule is C=C(C)C(=C)Oc1ccc(-c2ccc(OC(=C)C(=C)C)cc2OC)c(F)c1.COc1cc(O)ccc1-c1ccc(O)cc1F. The molecule has 4 aromatic rings. The van der Waals surface area contributed by atoms with E-state index in [-0.39, 0.29) is 11.5 Å². The van der Waals surface area contributed by atoms with Crippen molar-refractivity contribution in [2.75, 3.05) is 14.2 Å². The Kier molecular flexibility index (Phi) is 11.0. The van der Waals surface area contributed by atoms with Gasteiger partial charge in [0.05, 0.1) is 14.2 Å². The molecule has 228 valence electrons. The van der Waals surface area contributed by atoms with Crippen molar-refractivity contribution in [2.45, 2.75) is 13.8 Å². The van der Waals surface area contributed by atoms with Crippen molar-refractivity contribution in [1.82, 2.24) is 0 Å². The minimum Gasteiger partial charge on any atom is -0.508 e. The second kappa shape index (κ2) is 14.6. The molecule has 0 radical (unpaired) electrons. The van der Waals surface area contributed by atoms with Crippen LogP contribution < -0.4 is 18.9 Å². The lowest BCUT2D eigenvalue weighted by molar-refractivity contribution is 0.404. The van der Waals surface area contributed by atoms with Crippen LogP contribution in [0.15, 0.2) is 122 Å². The molecule has 8 heteroatoms. The van der Waals surface area contributed by atoms with Crippen LogP contribution in [0.2, 0.25) is 0 Å². The first-order chi connectivity index (χ1) is 20.8. The van der Waals surface area contributed by atoms with E-state index >= 15 is 0 Å². The van der Waals surface area contributed by atoms with Crippen LogP contribution in [0, 0.1) is 11.6 Å². The fourth-order valence-electron chi connectivity index (χ4n) is 3.82. The van der Waals surface area contributed by atoms with Gasteiger partial charge in [-0.15, -0.1) is 0 Å². The highest BCUT2D eigenvalue weighted by Gasteiger charge is 2.15. The summed E-state index contributed by atoms with van der Waals surface area (Å²) >= 11 is 0. The van der Waals surface area contributed by atoms with Gasteiger partial charge in [-0.25, -0.2) is 8.78 Å². The van der Waals surface area contributed by atoms with Gasteiger partial charge in [0.2, 0.25) is 0 Å². The Labute approximate surface area is 256 Å². The molecule has 0 aliphatic rings. The summed E-state index contributed by atoms with van der Waals surface area (Å²) in [4.78, 5) is 0. The number of phenols is 2. The summed E-state index contributed by atoms with van der Waals surface area (Å²) < 4.78 is 49.9. The van der Waals surface area contributed by atoms with E-state index in [9.17, 15) is 13.9 Å². The Morgan fingerprint density at radius 3 is 1.39 bits per heavy atom. The minimum absolute atomic E-state index is 0.0461. The molecule has 4 rings (SSSR count). The quantitative estimate of drug-likeness (QED) is 0.140. The van der Waals surface area contributed by atoms with E-state index in [4.69, 9.17) is 24.1 Å². The van der Waals surface area contributed by atoms with Crippen LogP contribution in [0.5, 0.6) is 34.5 Å². The summed E-state index contributed by atoms with van der Waals surface area (Å²) in [5.41, 5.74) is 3.19. The van der Waals surface area contributed by atoms with Crippen molar-refractivity contribution in [1.29, 1.82) is 0 Å². The van der Waals surface area contributed by atoms with Gasteiger partial charge in [-0.3, -0.25) is 0 Å². The molecule has 0 unspecified atom stereocenters. The average molecular weight is 601 g/mol. The molecule has 0 bridgehead atoms. The number of aromatic hydroxyl groups is 2.